The van der Waals surface area contributed by atoms with Gasteiger partial charge in [-0.15, -0.1) is 0 Å². The fourth-order valence-corrected chi connectivity index (χ4v) is 5.31. The maximum absolute atomic E-state index is 13.7. The molecular formula is C29H42BN3O3. The monoisotopic (exact) mass is 491 g/mol. The molecule has 3 rings (SSSR count). The Hall–Kier alpha value is -2.75. The van der Waals surface area contributed by atoms with E-state index < -0.39 is 11.7 Å². The molecule has 1 aromatic rings. The third kappa shape index (κ3) is 7.62. The predicted molar refractivity (Wildman–Crippen MR) is 146 cm³/mol. The fourth-order valence-electron chi connectivity index (χ4n) is 5.31. The van der Waals surface area contributed by atoms with Gasteiger partial charge in [0, 0.05) is 0 Å². The number of carbonyl (C=O) groups excluding carboxylic acids is 1. The molecule has 1 aliphatic heterocycles. The molecule has 0 bridgehead atoms. The van der Waals surface area contributed by atoms with Crippen molar-refractivity contribution in [3.8, 4) is 6.26 Å². The summed E-state index contributed by atoms with van der Waals surface area (Å²) in [5.41, 5.74) is 1.88. The molecule has 1 saturated carbocycles. The van der Waals surface area contributed by atoms with E-state index in [-0.39, 0.29) is 12.1 Å². The number of unbranched alkanes of at least 4 members (excludes halogenated alkanes) is 2. The van der Waals surface area contributed by atoms with Gasteiger partial charge in [0.05, 0.1) is 0 Å². The van der Waals surface area contributed by atoms with Crippen molar-refractivity contribution in [1.82, 2.24) is 9.80 Å². The summed E-state index contributed by atoms with van der Waals surface area (Å²) >= 11 is 0. The Labute approximate surface area is 218 Å². The average Bonchev–Trinajstić information content (AvgIpc) is 3.10. The molecule has 1 aliphatic carbocycles. The summed E-state index contributed by atoms with van der Waals surface area (Å²) < 4.78 is 11.1. The molecule has 0 spiro atoms. The molecule has 1 heterocycles. The molecule has 7 heteroatoms. The summed E-state index contributed by atoms with van der Waals surface area (Å²) in [7, 11) is 1.45. The zero-order valence-electron chi connectivity index (χ0n) is 22.5. The maximum atomic E-state index is 13.7. The van der Waals surface area contributed by atoms with Crippen molar-refractivity contribution in [3.63, 3.8) is 0 Å². The predicted octanol–water partition coefficient (Wildman–Crippen LogP) is 6.85. The van der Waals surface area contributed by atoms with Crippen molar-refractivity contribution in [3.05, 3.63) is 41.6 Å². The van der Waals surface area contributed by atoms with Crippen molar-refractivity contribution in [2.24, 2.45) is 0 Å². The number of ether oxygens (including phenoxy) is 1. The Morgan fingerprint density at radius 3 is 2.39 bits per heavy atom. The van der Waals surface area contributed by atoms with Crippen LogP contribution in [-0.2, 0) is 9.39 Å². The van der Waals surface area contributed by atoms with E-state index >= 15 is 0 Å². The molecule has 0 N–H and O–H groups in total. The first kappa shape index (κ1) is 27.8. The quantitative estimate of drug-likeness (QED) is 0.237. The molecule has 1 saturated heterocycles. The molecule has 0 aromatic heterocycles. The molecule has 2 aliphatic rings. The third-order valence-corrected chi connectivity index (χ3v) is 6.89. The van der Waals surface area contributed by atoms with Crippen molar-refractivity contribution >= 4 is 25.0 Å². The standard InChI is InChI=1S/C29H42BN3O3/c1-5-6-11-20-25-26(21-23-16-12-10-13-17-23)33(28(34)36-29(2,3)4)27(30-35-22-31)32(25)24-18-14-8-7-9-15-19-24/h10,12-13,16-17,21,24-25H,5-9,11,14-15,18-20H2,1-4H3/b26-21-. The first-order valence-corrected chi connectivity index (χ1v) is 13.7. The molecule has 6 nitrogen and oxygen atoms in total. The zero-order valence-corrected chi connectivity index (χ0v) is 22.5. The van der Waals surface area contributed by atoms with E-state index in [0.29, 0.717) is 5.71 Å². The average molecular weight is 491 g/mol. The molecule has 194 valence electrons. The molecule has 0 radical (unpaired) electrons. The molecular weight excluding hydrogens is 449 g/mol. The van der Waals surface area contributed by atoms with Crippen LogP contribution in [-0.4, -0.2) is 46.4 Å². The van der Waals surface area contributed by atoms with Gasteiger partial charge >= 0.3 is 218 Å². The number of amides is 1. The van der Waals surface area contributed by atoms with Gasteiger partial charge in [0.25, 0.3) is 0 Å². The van der Waals surface area contributed by atoms with Gasteiger partial charge < -0.3 is 0 Å². The van der Waals surface area contributed by atoms with Gasteiger partial charge in [-0.2, -0.15) is 0 Å². The minimum absolute atomic E-state index is 0.00208. The number of benzene rings is 1. The Balaban J connectivity index is 2.15. The number of carbonyl (C=O) groups is 1. The van der Waals surface area contributed by atoms with E-state index in [4.69, 9.17) is 9.39 Å². The van der Waals surface area contributed by atoms with E-state index in [2.05, 4.69) is 30.0 Å². The molecule has 2 fully saturated rings. The third-order valence-electron chi connectivity index (χ3n) is 6.89. The van der Waals surface area contributed by atoms with Gasteiger partial charge in [-0.05, 0) is 0 Å². The van der Waals surface area contributed by atoms with Crippen LogP contribution in [0, 0.1) is 11.5 Å². The van der Waals surface area contributed by atoms with E-state index in [0.717, 1.165) is 49.8 Å². The van der Waals surface area contributed by atoms with Gasteiger partial charge in [-0.3, -0.25) is 0 Å². The number of hydrogen-bond donors (Lipinski definition) is 0. The van der Waals surface area contributed by atoms with E-state index in [1.165, 1.54) is 39.2 Å². The number of hydrogen-bond acceptors (Lipinski definition) is 5. The molecule has 36 heavy (non-hydrogen) atoms. The number of nitriles is 1. The van der Waals surface area contributed by atoms with Crippen LogP contribution in [0.4, 0.5) is 4.79 Å². The van der Waals surface area contributed by atoms with Gasteiger partial charge in [0.15, 0.2) is 0 Å². The van der Waals surface area contributed by atoms with Crippen LogP contribution in [0.5, 0.6) is 0 Å². The van der Waals surface area contributed by atoms with Crippen LogP contribution in [0.1, 0.15) is 104 Å². The van der Waals surface area contributed by atoms with Crippen LogP contribution in [0.2, 0.25) is 0 Å². The van der Waals surface area contributed by atoms with E-state index in [1.54, 1.807) is 11.2 Å². The Bertz CT molecular complexity index is 941. The topological polar surface area (TPSA) is 65.8 Å². The van der Waals surface area contributed by atoms with Crippen molar-refractivity contribution in [2.75, 3.05) is 0 Å². The Morgan fingerprint density at radius 2 is 1.78 bits per heavy atom. The van der Waals surface area contributed by atoms with Crippen LogP contribution in [0.25, 0.3) is 6.08 Å². The summed E-state index contributed by atoms with van der Waals surface area (Å²) in [6.45, 7) is 7.84. The second-order valence-corrected chi connectivity index (χ2v) is 10.9. The normalized spacial score (nSPS) is 21.6. The van der Waals surface area contributed by atoms with Gasteiger partial charge in [0.2, 0.25) is 0 Å². The summed E-state index contributed by atoms with van der Waals surface area (Å²) in [5, 5.41) is 9.27. The first-order valence-electron chi connectivity index (χ1n) is 13.7. The molecule has 1 atom stereocenters. The van der Waals surface area contributed by atoms with E-state index in [9.17, 15) is 10.1 Å². The second-order valence-electron chi connectivity index (χ2n) is 10.9. The fraction of sp³-hybridized carbons (Fsp3) is 0.621. The summed E-state index contributed by atoms with van der Waals surface area (Å²) in [6.07, 6.45) is 15.9. The number of rotatable bonds is 7. The van der Waals surface area contributed by atoms with Crippen molar-refractivity contribution < 1.29 is 14.2 Å². The zero-order chi connectivity index (χ0) is 26.0. The SMILES string of the molecule is CCCCCC1/C(=C/c2ccccc2)N(C(=O)OC(C)(C)C)C(=BOC#N)N1C1CCCCCCC1. The van der Waals surface area contributed by atoms with Crippen molar-refractivity contribution in [1.29, 1.82) is 5.26 Å². The van der Waals surface area contributed by atoms with Crippen molar-refractivity contribution in [2.45, 2.75) is 116 Å². The van der Waals surface area contributed by atoms with Gasteiger partial charge in [0.1, 0.15) is 0 Å². The van der Waals surface area contributed by atoms with E-state index in [1.807, 2.05) is 39.0 Å². The number of nitrogens with zero attached hydrogens (tertiary/aromatic N) is 3. The minimum atomic E-state index is -0.651. The molecule has 1 amide bonds. The first-order chi connectivity index (χ1) is 17.4. The van der Waals surface area contributed by atoms with Gasteiger partial charge in [-0.25, -0.2) is 0 Å². The summed E-state index contributed by atoms with van der Waals surface area (Å²) in [5.74, 6) is 0. The van der Waals surface area contributed by atoms with Crippen LogP contribution in [0.15, 0.2) is 36.0 Å². The second kappa shape index (κ2) is 13.5. The summed E-state index contributed by atoms with van der Waals surface area (Å²) in [6, 6.07) is 10.4. The van der Waals surface area contributed by atoms with Gasteiger partial charge in [-0.1, -0.05) is 0 Å². The Morgan fingerprint density at radius 1 is 1.11 bits per heavy atom. The van der Waals surface area contributed by atoms with Crippen LogP contribution >= 0.6 is 0 Å². The van der Waals surface area contributed by atoms with Crippen LogP contribution in [0.3, 0.4) is 0 Å². The van der Waals surface area contributed by atoms with Crippen LogP contribution < -0.4 is 0 Å². The summed E-state index contributed by atoms with van der Waals surface area (Å²) in [4.78, 5) is 17.7. The Kier molecular flexibility index (Phi) is 10.5. The molecule has 1 aromatic carbocycles. The molecule has 1 unspecified atom stereocenters.